The van der Waals surface area contributed by atoms with Crippen molar-refractivity contribution in [3.05, 3.63) is 251 Å². The quantitative estimate of drug-likeness (QED) is 0.0493. The molecule has 9 rings (SSSR count). The van der Waals surface area contributed by atoms with E-state index in [0.717, 1.165) is 44.7 Å². The average Bonchev–Trinajstić information content (AvgIpc) is 3.46. The van der Waals surface area contributed by atoms with E-state index in [2.05, 4.69) is 79.7 Å². The van der Waals surface area contributed by atoms with E-state index in [1.165, 1.54) is 0 Å². The molecule has 2 aliphatic rings. The maximum absolute atomic E-state index is 7.18. The maximum Gasteiger partial charge on any atom is 0.187 e. The highest BCUT2D eigenvalue weighted by Gasteiger charge is 2.52. The lowest BCUT2D eigenvalue weighted by Crippen LogP contribution is -2.63. The Labute approximate surface area is 441 Å². The van der Waals surface area contributed by atoms with Gasteiger partial charge in [-0.05, 0) is 44.7 Å². The Morgan fingerprint density at radius 2 is 0.608 bits per heavy atom. The monoisotopic (exact) mass is 1020 g/mol. The van der Waals surface area contributed by atoms with Crippen molar-refractivity contribution in [1.82, 2.24) is 0 Å². The van der Waals surface area contributed by atoms with Gasteiger partial charge >= 0.3 is 0 Å². The van der Waals surface area contributed by atoms with Crippen LogP contribution in [0.1, 0.15) is 45.9 Å². The van der Waals surface area contributed by atoms with Crippen molar-refractivity contribution < 1.29 is 47.4 Å². The molecule has 0 amide bonds. The lowest BCUT2D eigenvalue weighted by atomic mass is 9.97. The van der Waals surface area contributed by atoms with Gasteiger partial charge in [0.15, 0.2) is 6.29 Å². The average molecular weight is 1020 g/mol. The van der Waals surface area contributed by atoms with Gasteiger partial charge in [0.05, 0.1) is 59.5 Å². The van der Waals surface area contributed by atoms with Gasteiger partial charge in [-0.25, -0.2) is 0 Å². The largest absolute Gasteiger partial charge is 0.374 e. The normalized spacial score (nSPS) is 23.9. The third kappa shape index (κ3) is 15.8. The SMILES string of the molecule is CCS[C@H]1O[C@H](CO[C@H]2O[C@H](COCc3ccccc3)[C@@H](OCc3ccccc3)[C@H](OCc3ccccc3)[C@@H]2OCc2ccccc2)[C@@H](OCc2ccccc2)[C@H](OCc2ccccc2)[C@@H]1OCc1ccccc1. The molecule has 11 heteroatoms. The van der Waals surface area contributed by atoms with Crippen LogP contribution in [0, 0.1) is 0 Å². The summed E-state index contributed by atoms with van der Waals surface area (Å²) in [5, 5.41) is 0. The Balaban J connectivity index is 1.06. The Kier molecular flexibility index (Phi) is 20.9. The second kappa shape index (κ2) is 29.0. The zero-order valence-corrected chi connectivity index (χ0v) is 42.9. The molecule has 10 atom stereocenters. The zero-order chi connectivity index (χ0) is 50.4. The molecule has 2 aliphatic heterocycles. The maximum atomic E-state index is 7.18. The van der Waals surface area contributed by atoms with Gasteiger partial charge in [0.25, 0.3) is 0 Å². The van der Waals surface area contributed by atoms with Crippen molar-refractivity contribution in [2.45, 2.75) is 114 Å². The summed E-state index contributed by atoms with van der Waals surface area (Å²) in [4.78, 5) is 0. The lowest BCUT2D eigenvalue weighted by molar-refractivity contribution is -0.337. The fraction of sp³-hybridized carbons (Fsp3) is 0.333. The van der Waals surface area contributed by atoms with E-state index in [-0.39, 0.29) is 19.8 Å². The molecule has 0 N–H and O–H groups in total. The summed E-state index contributed by atoms with van der Waals surface area (Å²) in [6, 6.07) is 71.1. The lowest BCUT2D eigenvalue weighted by Gasteiger charge is -2.48. The molecule has 74 heavy (non-hydrogen) atoms. The van der Waals surface area contributed by atoms with Crippen molar-refractivity contribution in [2.24, 2.45) is 0 Å². The Bertz CT molecular complexity index is 2590. The summed E-state index contributed by atoms with van der Waals surface area (Å²) in [7, 11) is 0. The van der Waals surface area contributed by atoms with Crippen molar-refractivity contribution in [3.63, 3.8) is 0 Å². The van der Waals surface area contributed by atoms with Gasteiger partial charge in [-0.1, -0.05) is 219 Å². The predicted molar refractivity (Wildman–Crippen MR) is 288 cm³/mol. The fourth-order valence-electron chi connectivity index (χ4n) is 9.25. The van der Waals surface area contributed by atoms with Gasteiger partial charge < -0.3 is 47.4 Å². The van der Waals surface area contributed by atoms with Crippen LogP contribution in [0.5, 0.6) is 0 Å². The van der Waals surface area contributed by atoms with Gasteiger partial charge in [-0.2, -0.15) is 0 Å². The van der Waals surface area contributed by atoms with Crippen LogP contribution in [-0.2, 0) is 93.6 Å². The highest BCUT2D eigenvalue weighted by atomic mass is 32.2. The van der Waals surface area contributed by atoms with Crippen LogP contribution >= 0.6 is 11.8 Å². The first kappa shape index (κ1) is 53.3. The standard InChI is InChI=1S/C63H68O10S/c1-2-74-63-61(70-44-53-36-22-9-23-37-53)59(68-42-51-32-18-7-19-33-51)57(66-40-49-28-14-5-15-29-49)55(73-63)46-71-62-60(69-43-52-34-20-8-21-35-52)58(67-41-50-30-16-6-17-31-50)56(65-39-48-26-12-4-13-27-48)54(72-62)45-64-38-47-24-10-3-11-25-47/h3-37,54-63H,2,38-46H2,1H3/t54-,55-,56-,57-,58+,59+,60+,61+,62+,63-/m1/s1. The Morgan fingerprint density at radius 3 is 0.973 bits per heavy atom. The molecule has 2 saturated heterocycles. The molecule has 7 aromatic rings. The second-order valence-electron chi connectivity index (χ2n) is 18.4. The highest BCUT2D eigenvalue weighted by Crippen LogP contribution is 2.37. The minimum atomic E-state index is -0.965. The van der Waals surface area contributed by atoms with Crippen LogP contribution < -0.4 is 0 Å². The topological polar surface area (TPSA) is 92.3 Å². The molecule has 0 saturated carbocycles. The van der Waals surface area contributed by atoms with E-state index >= 15 is 0 Å². The molecule has 0 aliphatic carbocycles. The third-order valence-corrected chi connectivity index (χ3v) is 14.1. The molecule has 386 valence electrons. The van der Waals surface area contributed by atoms with Crippen LogP contribution in [0.4, 0.5) is 0 Å². The van der Waals surface area contributed by atoms with Gasteiger partial charge in [-0.15, -0.1) is 11.8 Å². The fourth-order valence-corrected chi connectivity index (χ4v) is 10.2. The van der Waals surface area contributed by atoms with E-state index in [0.29, 0.717) is 39.6 Å². The second-order valence-corrected chi connectivity index (χ2v) is 19.8. The van der Waals surface area contributed by atoms with Gasteiger partial charge in [0.1, 0.15) is 54.3 Å². The molecule has 0 aromatic heterocycles. The van der Waals surface area contributed by atoms with Crippen LogP contribution in [0.25, 0.3) is 0 Å². The summed E-state index contributed by atoms with van der Waals surface area (Å²) in [6.07, 6.45) is -6.03. The molecular formula is C63H68O10S. The van der Waals surface area contributed by atoms with Crippen LogP contribution in [0.15, 0.2) is 212 Å². The third-order valence-electron chi connectivity index (χ3n) is 13.0. The molecule has 0 spiro atoms. The first-order valence-electron chi connectivity index (χ1n) is 25.8. The number of rotatable bonds is 27. The molecule has 2 heterocycles. The van der Waals surface area contributed by atoms with E-state index in [4.69, 9.17) is 47.4 Å². The smallest absolute Gasteiger partial charge is 0.187 e. The van der Waals surface area contributed by atoms with E-state index < -0.39 is 60.6 Å². The number of ether oxygens (including phenoxy) is 10. The van der Waals surface area contributed by atoms with Crippen molar-refractivity contribution >= 4 is 11.8 Å². The molecule has 10 nitrogen and oxygen atoms in total. The van der Waals surface area contributed by atoms with Crippen LogP contribution in [0.3, 0.4) is 0 Å². The minimum Gasteiger partial charge on any atom is -0.374 e. The zero-order valence-electron chi connectivity index (χ0n) is 42.0. The molecule has 0 bridgehead atoms. The molecular weight excluding hydrogens is 949 g/mol. The predicted octanol–water partition coefficient (Wildman–Crippen LogP) is 11.9. The molecule has 0 radical (unpaired) electrons. The number of hydrogen-bond acceptors (Lipinski definition) is 11. The van der Waals surface area contributed by atoms with Gasteiger partial charge in [0, 0.05) is 0 Å². The number of hydrogen-bond donors (Lipinski definition) is 0. The van der Waals surface area contributed by atoms with Crippen molar-refractivity contribution in [3.8, 4) is 0 Å². The number of thioether (sulfide) groups is 1. The van der Waals surface area contributed by atoms with Crippen LogP contribution in [-0.4, -0.2) is 79.5 Å². The van der Waals surface area contributed by atoms with Crippen molar-refractivity contribution in [1.29, 1.82) is 0 Å². The van der Waals surface area contributed by atoms with Crippen molar-refractivity contribution in [2.75, 3.05) is 19.0 Å². The summed E-state index contributed by atoms with van der Waals surface area (Å²) in [6.45, 7) is 4.68. The van der Waals surface area contributed by atoms with Gasteiger partial charge in [-0.3, -0.25) is 0 Å². The van der Waals surface area contributed by atoms with Crippen LogP contribution in [0.2, 0.25) is 0 Å². The Hall–Kier alpha value is -5.51. The highest BCUT2D eigenvalue weighted by molar-refractivity contribution is 7.99. The van der Waals surface area contributed by atoms with E-state index in [1.807, 2.05) is 140 Å². The van der Waals surface area contributed by atoms with E-state index in [9.17, 15) is 0 Å². The van der Waals surface area contributed by atoms with E-state index in [1.54, 1.807) is 11.8 Å². The molecule has 0 unspecified atom stereocenters. The summed E-state index contributed by atoms with van der Waals surface area (Å²) in [5.74, 6) is 0.779. The summed E-state index contributed by atoms with van der Waals surface area (Å²) < 4.78 is 69.9. The molecule has 7 aromatic carbocycles. The molecule has 2 fully saturated rings. The number of benzene rings is 7. The summed E-state index contributed by atoms with van der Waals surface area (Å²) >= 11 is 1.68. The first-order chi connectivity index (χ1) is 36.7. The summed E-state index contributed by atoms with van der Waals surface area (Å²) in [5.41, 5.74) is 6.75. The Morgan fingerprint density at radius 1 is 0.311 bits per heavy atom. The first-order valence-corrected chi connectivity index (χ1v) is 26.8. The minimum absolute atomic E-state index is 0.0607. The van der Waals surface area contributed by atoms with Gasteiger partial charge in [0.2, 0.25) is 0 Å².